The normalized spacial score (nSPS) is 11.8. The summed E-state index contributed by atoms with van der Waals surface area (Å²) < 4.78 is 0. The molecule has 0 radical (unpaired) electrons. The second kappa shape index (κ2) is 7.55. The van der Waals surface area contributed by atoms with Crippen LogP contribution in [0.15, 0.2) is 48.2 Å². The Bertz CT molecular complexity index is 645. The topological polar surface area (TPSA) is 62.2 Å². The first-order valence-corrected chi connectivity index (χ1v) is 7.18. The fourth-order valence-corrected chi connectivity index (χ4v) is 2.27. The van der Waals surface area contributed by atoms with Crippen molar-refractivity contribution in [3.05, 3.63) is 53.7 Å². The van der Waals surface area contributed by atoms with Crippen LogP contribution in [0.2, 0.25) is 0 Å². The molecule has 0 saturated carbocycles. The number of nitrogens with zero attached hydrogens (tertiary/aromatic N) is 1. The maximum atomic E-state index is 10.9. The lowest BCUT2D eigenvalue weighted by Crippen LogP contribution is -2.18. The molecule has 0 aliphatic carbocycles. The Morgan fingerprint density at radius 1 is 1.33 bits per heavy atom. The lowest BCUT2D eigenvalue weighted by Gasteiger charge is -2.06. The standard InChI is InChI=1S/C17H20N2O2/c1-2-13(17(20)21)8-11-18-12-9-15-6-3-5-14-7-4-10-19-16(14)15/h3-8,10,18H,2,9,11-12H2,1H3,(H,20,21)/b13-8-. The van der Waals surface area contributed by atoms with Gasteiger partial charge in [-0.05, 0) is 31.0 Å². The van der Waals surface area contributed by atoms with Crippen molar-refractivity contribution < 1.29 is 9.90 Å². The van der Waals surface area contributed by atoms with E-state index in [1.807, 2.05) is 25.3 Å². The number of carbonyl (C=O) groups is 1. The van der Waals surface area contributed by atoms with E-state index in [-0.39, 0.29) is 0 Å². The van der Waals surface area contributed by atoms with Crippen LogP contribution in [0, 0.1) is 0 Å². The predicted molar refractivity (Wildman–Crippen MR) is 84.3 cm³/mol. The second-order valence-electron chi connectivity index (χ2n) is 4.83. The van der Waals surface area contributed by atoms with Gasteiger partial charge in [-0.25, -0.2) is 4.79 Å². The highest BCUT2D eigenvalue weighted by molar-refractivity contribution is 5.86. The molecule has 2 N–H and O–H groups in total. The third-order valence-electron chi connectivity index (χ3n) is 3.44. The minimum atomic E-state index is -0.836. The van der Waals surface area contributed by atoms with E-state index in [4.69, 9.17) is 5.11 Å². The minimum Gasteiger partial charge on any atom is -0.478 e. The third-order valence-corrected chi connectivity index (χ3v) is 3.44. The summed E-state index contributed by atoms with van der Waals surface area (Å²) in [5.74, 6) is -0.836. The molecule has 0 spiro atoms. The zero-order valence-electron chi connectivity index (χ0n) is 12.2. The van der Waals surface area contributed by atoms with Crippen LogP contribution in [0.4, 0.5) is 0 Å². The molecule has 1 heterocycles. The van der Waals surface area contributed by atoms with Crippen molar-refractivity contribution in [2.24, 2.45) is 0 Å². The van der Waals surface area contributed by atoms with Crippen LogP contribution >= 0.6 is 0 Å². The molecule has 0 saturated heterocycles. The van der Waals surface area contributed by atoms with Gasteiger partial charge in [-0.15, -0.1) is 0 Å². The van der Waals surface area contributed by atoms with Crippen molar-refractivity contribution in [2.45, 2.75) is 19.8 Å². The Labute approximate surface area is 124 Å². The Morgan fingerprint density at radius 2 is 2.14 bits per heavy atom. The van der Waals surface area contributed by atoms with Crippen molar-refractivity contribution in [3.63, 3.8) is 0 Å². The SMILES string of the molecule is CC/C(=C/CNCCc1cccc2cccnc12)C(=O)O. The number of para-hydroxylation sites is 1. The van der Waals surface area contributed by atoms with Crippen LogP contribution in [-0.4, -0.2) is 29.1 Å². The fourth-order valence-electron chi connectivity index (χ4n) is 2.27. The summed E-state index contributed by atoms with van der Waals surface area (Å²) >= 11 is 0. The third kappa shape index (κ3) is 4.13. The number of aliphatic carboxylic acids is 1. The molecule has 0 aliphatic rings. The molecule has 0 unspecified atom stereocenters. The van der Waals surface area contributed by atoms with Crippen LogP contribution in [0.1, 0.15) is 18.9 Å². The van der Waals surface area contributed by atoms with Gasteiger partial charge in [0.25, 0.3) is 0 Å². The monoisotopic (exact) mass is 284 g/mol. The van der Waals surface area contributed by atoms with Gasteiger partial charge in [0.05, 0.1) is 5.52 Å². The van der Waals surface area contributed by atoms with Crippen molar-refractivity contribution in [1.82, 2.24) is 10.3 Å². The molecule has 1 aromatic carbocycles. The summed E-state index contributed by atoms with van der Waals surface area (Å²) in [6.45, 7) is 3.22. The van der Waals surface area contributed by atoms with Crippen LogP contribution in [0.5, 0.6) is 0 Å². The average Bonchev–Trinajstić information content (AvgIpc) is 2.50. The quantitative estimate of drug-likeness (QED) is 0.606. The minimum absolute atomic E-state index is 0.453. The van der Waals surface area contributed by atoms with Crippen LogP contribution in [0.3, 0.4) is 0 Å². The highest BCUT2D eigenvalue weighted by Gasteiger charge is 2.03. The average molecular weight is 284 g/mol. The van der Waals surface area contributed by atoms with Gasteiger partial charge in [-0.3, -0.25) is 4.98 Å². The molecule has 0 bridgehead atoms. The molecular weight excluding hydrogens is 264 g/mol. The Hall–Kier alpha value is -2.20. The summed E-state index contributed by atoms with van der Waals surface area (Å²) in [6.07, 6.45) is 4.97. The maximum absolute atomic E-state index is 10.9. The number of carboxylic acids is 1. The zero-order valence-corrected chi connectivity index (χ0v) is 12.2. The van der Waals surface area contributed by atoms with Gasteiger partial charge in [-0.1, -0.05) is 37.3 Å². The van der Waals surface area contributed by atoms with E-state index in [0.717, 1.165) is 23.9 Å². The van der Waals surface area contributed by atoms with Crippen LogP contribution in [0.25, 0.3) is 10.9 Å². The fraction of sp³-hybridized carbons (Fsp3) is 0.294. The van der Waals surface area contributed by atoms with E-state index in [1.54, 1.807) is 6.08 Å². The van der Waals surface area contributed by atoms with Gasteiger partial charge in [0.2, 0.25) is 0 Å². The molecule has 0 fully saturated rings. The number of rotatable bonds is 7. The number of nitrogens with one attached hydrogen (secondary N) is 1. The lowest BCUT2D eigenvalue weighted by molar-refractivity contribution is -0.132. The molecule has 4 nitrogen and oxygen atoms in total. The second-order valence-corrected chi connectivity index (χ2v) is 4.83. The highest BCUT2D eigenvalue weighted by Crippen LogP contribution is 2.15. The number of benzene rings is 1. The molecule has 2 aromatic rings. The highest BCUT2D eigenvalue weighted by atomic mass is 16.4. The molecule has 110 valence electrons. The number of pyridine rings is 1. The molecule has 0 atom stereocenters. The van der Waals surface area contributed by atoms with Gasteiger partial charge in [0.1, 0.15) is 0 Å². The van der Waals surface area contributed by atoms with E-state index in [2.05, 4.69) is 28.5 Å². The van der Waals surface area contributed by atoms with Gasteiger partial charge >= 0.3 is 5.97 Å². The van der Waals surface area contributed by atoms with Gasteiger partial charge in [0.15, 0.2) is 0 Å². The van der Waals surface area contributed by atoms with Crippen molar-refractivity contribution >= 4 is 16.9 Å². The lowest BCUT2D eigenvalue weighted by atomic mass is 10.1. The van der Waals surface area contributed by atoms with E-state index in [0.29, 0.717) is 18.5 Å². The summed E-state index contributed by atoms with van der Waals surface area (Å²) in [7, 11) is 0. The van der Waals surface area contributed by atoms with E-state index >= 15 is 0 Å². The molecule has 1 aromatic heterocycles. The van der Waals surface area contributed by atoms with Crippen molar-refractivity contribution in [3.8, 4) is 0 Å². The first-order valence-electron chi connectivity index (χ1n) is 7.18. The molecule has 0 aliphatic heterocycles. The summed E-state index contributed by atoms with van der Waals surface area (Å²) in [4.78, 5) is 15.3. The Balaban J connectivity index is 1.90. The maximum Gasteiger partial charge on any atom is 0.331 e. The van der Waals surface area contributed by atoms with Crippen molar-refractivity contribution in [2.75, 3.05) is 13.1 Å². The van der Waals surface area contributed by atoms with Crippen molar-refractivity contribution in [1.29, 1.82) is 0 Å². The molecule has 0 amide bonds. The molecule has 21 heavy (non-hydrogen) atoms. The largest absolute Gasteiger partial charge is 0.478 e. The summed E-state index contributed by atoms with van der Waals surface area (Å²) in [5, 5.41) is 13.3. The summed E-state index contributed by atoms with van der Waals surface area (Å²) in [5.41, 5.74) is 2.70. The Morgan fingerprint density at radius 3 is 2.90 bits per heavy atom. The molecule has 4 heteroatoms. The molecular formula is C17H20N2O2. The van der Waals surface area contributed by atoms with Gasteiger partial charge in [-0.2, -0.15) is 0 Å². The van der Waals surface area contributed by atoms with Crippen LogP contribution in [-0.2, 0) is 11.2 Å². The van der Waals surface area contributed by atoms with Gasteiger partial charge < -0.3 is 10.4 Å². The van der Waals surface area contributed by atoms with E-state index in [9.17, 15) is 4.79 Å². The first-order chi connectivity index (χ1) is 10.2. The first kappa shape index (κ1) is 15.2. The smallest absolute Gasteiger partial charge is 0.331 e. The zero-order chi connectivity index (χ0) is 15.1. The number of carboxylic acid groups (broad SMARTS) is 1. The Kier molecular flexibility index (Phi) is 5.46. The van der Waals surface area contributed by atoms with E-state index < -0.39 is 5.97 Å². The summed E-state index contributed by atoms with van der Waals surface area (Å²) in [6, 6.07) is 10.2. The predicted octanol–water partition coefficient (Wildman–Crippen LogP) is 2.79. The number of fused-ring (bicyclic) bond motifs is 1. The number of aromatic nitrogens is 1. The number of hydrogen-bond donors (Lipinski definition) is 2. The number of hydrogen-bond acceptors (Lipinski definition) is 3. The molecule has 2 rings (SSSR count). The van der Waals surface area contributed by atoms with Crippen LogP contribution < -0.4 is 5.32 Å². The van der Waals surface area contributed by atoms with Gasteiger partial charge in [0, 0.05) is 23.7 Å². The van der Waals surface area contributed by atoms with E-state index in [1.165, 1.54) is 5.56 Å².